The Balaban J connectivity index is 1.27. The second-order valence-electron chi connectivity index (χ2n) is 7.71. The van der Waals surface area contributed by atoms with Gasteiger partial charge in [-0.15, -0.1) is 0 Å². The number of hydrazone groups is 1. The third kappa shape index (κ3) is 5.92. The SMILES string of the molecule is O=C(N/N=C\c1ccc(OCc2ccc(Cl)cc2Cl)cc1)[C@H]1CC(=O)N(c2ccc(F)cc2)C1. The minimum absolute atomic E-state index is 0.0718. The van der Waals surface area contributed by atoms with E-state index in [1.807, 2.05) is 6.07 Å². The van der Waals surface area contributed by atoms with Gasteiger partial charge in [0.05, 0.1) is 12.1 Å². The first-order chi connectivity index (χ1) is 16.4. The standard InChI is InChI=1S/C25H20Cl2FN3O3/c26-19-4-3-17(23(27)12-19)15-34-22-9-1-16(2-10-22)13-29-30-25(33)18-11-24(32)31(14-18)21-7-5-20(28)6-8-21/h1-10,12-13,18H,11,14-15H2,(H,30,33)/b29-13-/t18-/m0/s1. The van der Waals surface area contributed by atoms with Gasteiger partial charge in [-0.05, 0) is 66.2 Å². The lowest BCUT2D eigenvalue weighted by molar-refractivity contribution is -0.126. The van der Waals surface area contributed by atoms with Gasteiger partial charge in [-0.3, -0.25) is 9.59 Å². The molecule has 9 heteroatoms. The highest BCUT2D eigenvalue weighted by atomic mass is 35.5. The molecule has 3 aromatic rings. The average molecular weight is 500 g/mol. The summed E-state index contributed by atoms with van der Waals surface area (Å²) in [7, 11) is 0. The Morgan fingerprint density at radius 1 is 1.12 bits per heavy atom. The number of hydrogen-bond acceptors (Lipinski definition) is 4. The highest BCUT2D eigenvalue weighted by Crippen LogP contribution is 2.25. The summed E-state index contributed by atoms with van der Waals surface area (Å²) in [5, 5.41) is 5.09. The molecule has 1 N–H and O–H groups in total. The van der Waals surface area contributed by atoms with Crippen molar-refractivity contribution < 1.29 is 18.7 Å². The summed E-state index contributed by atoms with van der Waals surface area (Å²) in [6.07, 6.45) is 1.58. The van der Waals surface area contributed by atoms with E-state index in [4.69, 9.17) is 27.9 Å². The average Bonchev–Trinajstić information content (AvgIpc) is 3.21. The van der Waals surface area contributed by atoms with Crippen LogP contribution in [0.2, 0.25) is 10.0 Å². The molecule has 6 nitrogen and oxygen atoms in total. The number of ether oxygens (including phenoxy) is 1. The number of halogens is 3. The zero-order valence-electron chi connectivity index (χ0n) is 17.9. The third-order valence-electron chi connectivity index (χ3n) is 5.31. The van der Waals surface area contributed by atoms with Gasteiger partial charge >= 0.3 is 0 Å². The maximum atomic E-state index is 13.1. The molecule has 0 aromatic heterocycles. The van der Waals surface area contributed by atoms with Crippen LogP contribution in [-0.4, -0.2) is 24.6 Å². The first-order valence-corrected chi connectivity index (χ1v) is 11.2. The molecule has 174 valence electrons. The van der Waals surface area contributed by atoms with Crippen molar-refractivity contribution in [3.05, 3.63) is 93.7 Å². The first kappa shape index (κ1) is 23.7. The zero-order chi connectivity index (χ0) is 24.1. The largest absolute Gasteiger partial charge is 0.489 e. The third-order valence-corrected chi connectivity index (χ3v) is 5.90. The van der Waals surface area contributed by atoms with Crippen LogP contribution in [0.1, 0.15) is 17.5 Å². The van der Waals surface area contributed by atoms with Crippen molar-refractivity contribution in [2.75, 3.05) is 11.4 Å². The Bertz CT molecular complexity index is 1220. The second-order valence-corrected chi connectivity index (χ2v) is 8.55. The van der Waals surface area contributed by atoms with Crippen molar-refractivity contribution in [1.82, 2.24) is 5.43 Å². The number of hydrogen-bond donors (Lipinski definition) is 1. The van der Waals surface area contributed by atoms with E-state index in [1.165, 1.54) is 35.4 Å². The minimum Gasteiger partial charge on any atom is -0.489 e. The van der Waals surface area contributed by atoms with Crippen molar-refractivity contribution in [1.29, 1.82) is 0 Å². The number of nitrogens with one attached hydrogen (secondary N) is 1. The summed E-state index contributed by atoms with van der Waals surface area (Å²) in [5.41, 5.74) is 4.62. The fraction of sp³-hybridized carbons (Fsp3) is 0.160. The van der Waals surface area contributed by atoms with E-state index in [-0.39, 0.29) is 30.6 Å². The Morgan fingerprint density at radius 3 is 2.56 bits per heavy atom. The molecule has 1 aliphatic heterocycles. The van der Waals surface area contributed by atoms with Gasteiger partial charge in [-0.2, -0.15) is 5.10 Å². The Hall–Kier alpha value is -3.42. The van der Waals surface area contributed by atoms with Crippen LogP contribution in [0.25, 0.3) is 0 Å². The van der Waals surface area contributed by atoms with E-state index in [1.54, 1.807) is 36.4 Å². The molecule has 34 heavy (non-hydrogen) atoms. The maximum Gasteiger partial charge on any atom is 0.245 e. The Labute approximate surface area is 205 Å². The van der Waals surface area contributed by atoms with Gasteiger partial charge in [-0.25, -0.2) is 9.82 Å². The quantitative estimate of drug-likeness (QED) is 0.358. The van der Waals surface area contributed by atoms with Crippen molar-refractivity contribution in [3.63, 3.8) is 0 Å². The number of carbonyl (C=O) groups is 2. The Morgan fingerprint density at radius 2 is 1.85 bits per heavy atom. The Kier molecular flexibility index (Phi) is 7.45. The summed E-state index contributed by atoms with van der Waals surface area (Å²) in [6, 6.07) is 18.0. The summed E-state index contributed by atoms with van der Waals surface area (Å²) in [4.78, 5) is 26.2. The lowest BCUT2D eigenvalue weighted by Crippen LogP contribution is -2.30. The van der Waals surface area contributed by atoms with Crippen LogP contribution in [0.15, 0.2) is 71.8 Å². The van der Waals surface area contributed by atoms with Gasteiger partial charge in [-0.1, -0.05) is 29.3 Å². The van der Waals surface area contributed by atoms with Crippen LogP contribution < -0.4 is 15.1 Å². The van der Waals surface area contributed by atoms with Crippen molar-refractivity contribution in [2.45, 2.75) is 13.0 Å². The molecule has 1 aliphatic rings. The van der Waals surface area contributed by atoms with Gasteiger partial charge in [0.25, 0.3) is 0 Å². The summed E-state index contributed by atoms with van der Waals surface area (Å²) < 4.78 is 18.9. The van der Waals surface area contributed by atoms with Crippen LogP contribution >= 0.6 is 23.2 Å². The molecule has 1 saturated heterocycles. The van der Waals surface area contributed by atoms with E-state index < -0.39 is 5.92 Å². The van der Waals surface area contributed by atoms with Gasteiger partial charge in [0.15, 0.2) is 0 Å². The molecular weight excluding hydrogens is 480 g/mol. The molecular formula is C25H20Cl2FN3O3. The van der Waals surface area contributed by atoms with E-state index >= 15 is 0 Å². The van der Waals surface area contributed by atoms with Gasteiger partial charge < -0.3 is 9.64 Å². The molecule has 4 rings (SSSR count). The monoisotopic (exact) mass is 499 g/mol. The fourth-order valence-corrected chi connectivity index (χ4v) is 3.93. The normalized spacial score (nSPS) is 15.7. The highest BCUT2D eigenvalue weighted by Gasteiger charge is 2.35. The molecule has 1 heterocycles. The van der Waals surface area contributed by atoms with Crippen LogP contribution in [0.4, 0.5) is 10.1 Å². The first-order valence-electron chi connectivity index (χ1n) is 10.4. The summed E-state index contributed by atoms with van der Waals surface area (Å²) >= 11 is 12.1. The van der Waals surface area contributed by atoms with Crippen molar-refractivity contribution >= 4 is 46.9 Å². The van der Waals surface area contributed by atoms with Crippen molar-refractivity contribution in [3.8, 4) is 5.75 Å². The molecule has 1 atom stereocenters. The molecule has 0 saturated carbocycles. The molecule has 0 radical (unpaired) electrons. The molecule has 3 aromatic carbocycles. The van der Waals surface area contributed by atoms with Crippen LogP contribution in [-0.2, 0) is 16.2 Å². The van der Waals surface area contributed by atoms with E-state index in [2.05, 4.69) is 10.5 Å². The zero-order valence-corrected chi connectivity index (χ0v) is 19.4. The topological polar surface area (TPSA) is 71.0 Å². The van der Waals surface area contributed by atoms with E-state index in [0.717, 1.165) is 11.1 Å². The van der Waals surface area contributed by atoms with Gasteiger partial charge in [0, 0.05) is 34.3 Å². The van der Waals surface area contributed by atoms with Gasteiger partial charge in [0.2, 0.25) is 11.8 Å². The molecule has 1 fully saturated rings. The molecule has 0 bridgehead atoms. The molecule has 0 unspecified atom stereocenters. The fourth-order valence-electron chi connectivity index (χ4n) is 3.47. The smallest absolute Gasteiger partial charge is 0.245 e. The minimum atomic E-state index is -0.537. The lowest BCUT2D eigenvalue weighted by Gasteiger charge is -2.16. The lowest BCUT2D eigenvalue weighted by atomic mass is 10.1. The number of benzene rings is 3. The van der Waals surface area contributed by atoms with Crippen LogP contribution in [0, 0.1) is 11.7 Å². The predicted octanol–water partition coefficient (Wildman–Crippen LogP) is 5.21. The van der Waals surface area contributed by atoms with Crippen molar-refractivity contribution in [2.24, 2.45) is 11.0 Å². The number of rotatable bonds is 7. The van der Waals surface area contributed by atoms with Crippen LogP contribution in [0.3, 0.4) is 0 Å². The van der Waals surface area contributed by atoms with E-state index in [0.29, 0.717) is 28.1 Å². The highest BCUT2D eigenvalue weighted by molar-refractivity contribution is 6.35. The van der Waals surface area contributed by atoms with Gasteiger partial charge in [0.1, 0.15) is 18.2 Å². The number of amides is 2. The molecule has 0 spiro atoms. The number of carbonyl (C=O) groups excluding carboxylic acids is 2. The second kappa shape index (κ2) is 10.7. The summed E-state index contributed by atoms with van der Waals surface area (Å²) in [6.45, 7) is 0.518. The number of nitrogens with zero attached hydrogens (tertiary/aromatic N) is 2. The predicted molar refractivity (Wildman–Crippen MR) is 130 cm³/mol. The number of anilines is 1. The molecule has 0 aliphatic carbocycles. The maximum absolute atomic E-state index is 13.1. The van der Waals surface area contributed by atoms with Crippen LogP contribution in [0.5, 0.6) is 5.75 Å². The van der Waals surface area contributed by atoms with E-state index in [9.17, 15) is 14.0 Å². The molecule has 2 amide bonds. The summed E-state index contributed by atoms with van der Waals surface area (Å²) in [5.74, 6) is -0.812.